The largest absolute Gasteiger partial charge is 0.337 e. The average molecular weight is 305 g/mol. The summed E-state index contributed by atoms with van der Waals surface area (Å²) in [6.45, 7) is 10.1. The second kappa shape index (κ2) is 6.36. The highest BCUT2D eigenvalue weighted by Gasteiger charge is 2.30. The number of carbonyl (C=O) groups excluding carboxylic acids is 1. The second-order valence-corrected chi connectivity index (χ2v) is 7.11. The van der Waals surface area contributed by atoms with Crippen LogP contribution >= 0.6 is 0 Å². The number of nitrogens with one attached hydrogen (secondary N) is 1. The topological polar surface area (TPSA) is 63.1 Å². The van der Waals surface area contributed by atoms with E-state index in [-0.39, 0.29) is 5.91 Å². The number of piperidine rings is 2. The zero-order chi connectivity index (χ0) is 15.7. The van der Waals surface area contributed by atoms with E-state index in [1.807, 2.05) is 16.5 Å². The van der Waals surface area contributed by atoms with Crippen molar-refractivity contribution in [3.8, 4) is 0 Å². The highest BCUT2D eigenvalue weighted by atomic mass is 16.2. The van der Waals surface area contributed by atoms with Gasteiger partial charge in [0.25, 0.3) is 5.91 Å². The normalized spacial score (nSPS) is 27.1. The number of hydrogen-bond donors (Lipinski definition) is 1. The van der Waals surface area contributed by atoms with E-state index in [0.29, 0.717) is 23.6 Å². The van der Waals surface area contributed by atoms with Crippen LogP contribution in [0.15, 0.2) is 0 Å². The summed E-state index contributed by atoms with van der Waals surface area (Å²) in [7, 11) is 0. The molecule has 1 aromatic heterocycles. The van der Waals surface area contributed by atoms with Gasteiger partial charge in [-0.1, -0.05) is 19.1 Å². The summed E-state index contributed by atoms with van der Waals surface area (Å²) in [4.78, 5) is 14.8. The molecule has 2 aliphatic rings. The van der Waals surface area contributed by atoms with Gasteiger partial charge in [0, 0.05) is 13.1 Å². The van der Waals surface area contributed by atoms with Gasteiger partial charge in [-0.3, -0.25) is 4.79 Å². The zero-order valence-corrected chi connectivity index (χ0v) is 13.9. The third kappa shape index (κ3) is 3.02. The average Bonchev–Trinajstić information content (AvgIpc) is 2.88. The molecule has 2 unspecified atom stereocenters. The Hall–Kier alpha value is -1.43. The third-order valence-electron chi connectivity index (χ3n) is 4.94. The van der Waals surface area contributed by atoms with Gasteiger partial charge in [-0.25, -0.2) is 4.68 Å². The fraction of sp³-hybridized carbons (Fsp3) is 0.812. The summed E-state index contributed by atoms with van der Waals surface area (Å²) in [5, 5.41) is 11.9. The predicted octanol–water partition coefficient (Wildman–Crippen LogP) is 1.63. The van der Waals surface area contributed by atoms with E-state index in [9.17, 15) is 4.79 Å². The monoisotopic (exact) mass is 305 g/mol. The molecule has 2 saturated heterocycles. The van der Waals surface area contributed by atoms with Crippen LogP contribution in [0.1, 0.15) is 55.3 Å². The summed E-state index contributed by atoms with van der Waals surface area (Å²) >= 11 is 0. The first-order valence-corrected chi connectivity index (χ1v) is 8.48. The Labute approximate surface area is 132 Å². The van der Waals surface area contributed by atoms with Crippen LogP contribution in [-0.4, -0.2) is 52.0 Å². The maximum atomic E-state index is 12.8. The van der Waals surface area contributed by atoms with Crippen LogP contribution < -0.4 is 5.32 Å². The van der Waals surface area contributed by atoms with Gasteiger partial charge in [-0.15, -0.1) is 5.10 Å². The maximum absolute atomic E-state index is 12.8. The van der Waals surface area contributed by atoms with E-state index in [4.69, 9.17) is 0 Å². The number of aromatic nitrogens is 3. The molecule has 122 valence electrons. The van der Waals surface area contributed by atoms with Gasteiger partial charge >= 0.3 is 0 Å². The van der Waals surface area contributed by atoms with Gasteiger partial charge in [0.15, 0.2) is 5.69 Å². The van der Waals surface area contributed by atoms with E-state index in [0.717, 1.165) is 44.7 Å². The summed E-state index contributed by atoms with van der Waals surface area (Å²) in [6, 6.07) is 0.370. The van der Waals surface area contributed by atoms with E-state index in [2.05, 4.69) is 29.5 Å². The van der Waals surface area contributed by atoms with Crippen molar-refractivity contribution in [1.82, 2.24) is 25.2 Å². The van der Waals surface area contributed by atoms with E-state index in [1.165, 1.54) is 6.42 Å². The van der Waals surface area contributed by atoms with Crippen molar-refractivity contribution >= 4 is 5.91 Å². The molecule has 3 rings (SSSR count). The second-order valence-electron chi connectivity index (χ2n) is 7.11. The number of hydrogen-bond acceptors (Lipinski definition) is 4. The number of amides is 1. The standard InChI is InChI=1S/C16H27N5O/c1-11-8-12(2)10-20(9-11)16(22)15-13(3)21(19-18-15)14-4-6-17-7-5-14/h11-12,14,17H,4-10H2,1-3H3. The molecule has 0 spiro atoms. The molecule has 0 bridgehead atoms. The van der Waals surface area contributed by atoms with Crippen molar-refractivity contribution in [2.24, 2.45) is 11.8 Å². The lowest BCUT2D eigenvalue weighted by Crippen LogP contribution is -2.43. The highest BCUT2D eigenvalue weighted by molar-refractivity contribution is 5.93. The van der Waals surface area contributed by atoms with Crippen molar-refractivity contribution in [2.75, 3.05) is 26.2 Å². The predicted molar refractivity (Wildman–Crippen MR) is 84.7 cm³/mol. The molecule has 3 heterocycles. The molecule has 0 aliphatic carbocycles. The minimum absolute atomic E-state index is 0.0519. The van der Waals surface area contributed by atoms with Crippen LogP contribution in [0, 0.1) is 18.8 Å². The van der Waals surface area contributed by atoms with Gasteiger partial charge in [-0.2, -0.15) is 0 Å². The maximum Gasteiger partial charge on any atom is 0.276 e. The molecule has 22 heavy (non-hydrogen) atoms. The summed E-state index contributed by atoms with van der Waals surface area (Å²) in [6.07, 6.45) is 3.30. The lowest BCUT2D eigenvalue weighted by molar-refractivity contribution is 0.0616. The quantitative estimate of drug-likeness (QED) is 0.902. The molecule has 0 saturated carbocycles. The van der Waals surface area contributed by atoms with Crippen LogP contribution in [0.5, 0.6) is 0 Å². The summed E-state index contributed by atoms with van der Waals surface area (Å²) < 4.78 is 1.96. The molecule has 2 fully saturated rings. The first kappa shape index (κ1) is 15.5. The van der Waals surface area contributed by atoms with Crippen molar-refractivity contribution in [2.45, 2.75) is 46.1 Å². The Bertz CT molecular complexity index is 525. The van der Waals surface area contributed by atoms with Crippen molar-refractivity contribution in [1.29, 1.82) is 0 Å². The number of rotatable bonds is 2. The summed E-state index contributed by atoms with van der Waals surface area (Å²) in [5.41, 5.74) is 1.46. The minimum atomic E-state index is 0.0519. The molecule has 2 aliphatic heterocycles. The van der Waals surface area contributed by atoms with E-state index >= 15 is 0 Å². The molecular weight excluding hydrogens is 278 g/mol. The Kier molecular flexibility index (Phi) is 4.47. The molecule has 2 atom stereocenters. The fourth-order valence-electron chi connectivity index (χ4n) is 3.92. The lowest BCUT2D eigenvalue weighted by atomic mass is 9.91. The molecule has 0 aromatic carbocycles. The van der Waals surface area contributed by atoms with Crippen LogP contribution in [0.25, 0.3) is 0 Å². The first-order valence-electron chi connectivity index (χ1n) is 8.48. The van der Waals surface area contributed by atoms with Gasteiger partial charge < -0.3 is 10.2 Å². The molecule has 1 amide bonds. The highest BCUT2D eigenvalue weighted by Crippen LogP contribution is 2.24. The van der Waals surface area contributed by atoms with Gasteiger partial charge in [0.1, 0.15) is 0 Å². The van der Waals surface area contributed by atoms with E-state index < -0.39 is 0 Å². The van der Waals surface area contributed by atoms with Crippen molar-refractivity contribution in [3.05, 3.63) is 11.4 Å². The van der Waals surface area contributed by atoms with E-state index in [1.54, 1.807) is 0 Å². The molecule has 6 nitrogen and oxygen atoms in total. The summed E-state index contributed by atoms with van der Waals surface area (Å²) in [5.74, 6) is 1.18. The SMILES string of the molecule is Cc1c(C(=O)N2CC(C)CC(C)C2)nnn1C1CCNCC1. The molecule has 0 radical (unpaired) electrons. The van der Waals surface area contributed by atoms with Crippen molar-refractivity contribution < 1.29 is 4.79 Å². The number of nitrogens with zero attached hydrogens (tertiary/aromatic N) is 4. The minimum Gasteiger partial charge on any atom is -0.337 e. The lowest BCUT2D eigenvalue weighted by Gasteiger charge is -2.34. The molecule has 1 N–H and O–H groups in total. The first-order chi connectivity index (χ1) is 10.6. The fourth-order valence-corrected chi connectivity index (χ4v) is 3.92. The third-order valence-corrected chi connectivity index (χ3v) is 4.94. The van der Waals surface area contributed by atoms with Gasteiger partial charge in [0.2, 0.25) is 0 Å². The van der Waals surface area contributed by atoms with Crippen LogP contribution in [0.4, 0.5) is 0 Å². The van der Waals surface area contributed by atoms with Crippen LogP contribution in [-0.2, 0) is 0 Å². The Morgan fingerprint density at radius 2 is 1.82 bits per heavy atom. The number of likely N-dealkylation sites (tertiary alicyclic amines) is 1. The zero-order valence-electron chi connectivity index (χ0n) is 13.9. The van der Waals surface area contributed by atoms with Gasteiger partial charge in [0.05, 0.1) is 11.7 Å². The molecule has 1 aromatic rings. The number of carbonyl (C=O) groups is 1. The molecule has 6 heteroatoms. The molecular formula is C16H27N5O. The van der Waals surface area contributed by atoms with Crippen molar-refractivity contribution in [3.63, 3.8) is 0 Å². The van der Waals surface area contributed by atoms with Crippen LogP contribution in [0.3, 0.4) is 0 Å². The van der Waals surface area contributed by atoms with Crippen LogP contribution in [0.2, 0.25) is 0 Å². The van der Waals surface area contributed by atoms with Gasteiger partial charge in [-0.05, 0) is 51.1 Å². The smallest absolute Gasteiger partial charge is 0.276 e. The Balaban J connectivity index is 1.77. The Morgan fingerprint density at radius 3 is 2.45 bits per heavy atom. The Morgan fingerprint density at radius 1 is 1.18 bits per heavy atom.